The molecule has 0 amide bonds. The van der Waals surface area contributed by atoms with Gasteiger partial charge in [-0.15, -0.1) is 0 Å². The van der Waals surface area contributed by atoms with Crippen molar-refractivity contribution in [2.45, 2.75) is 5.92 Å². The Bertz CT molecular complexity index is 612. The summed E-state index contributed by atoms with van der Waals surface area (Å²) in [6.45, 7) is -0.308. The van der Waals surface area contributed by atoms with Crippen molar-refractivity contribution in [3.63, 3.8) is 0 Å². The molecule has 1 atom stereocenters. The highest BCUT2D eigenvalue weighted by atomic mass is 16.6. The Morgan fingerprint density at radius 2 is 1.75 bits per heavy atom. The average Bonchev–Trinajstić information content (AvgIpc) is 2.45. The number of nitrogens with zero attached hydrogens (tertiary/aromatic N) is 1. The maximum Gasteiger partial charge on any atom is 0.214 e. The van der Waals surface area contributed by atoms with Gasteiger partial charge in [0.15, 0.2) is 0 Å². The molecule has 0 heterocycles. The zero-order valence-corrected chi connectivity index (χ0v) is 11.0. The number of methoxy groups -OCH3 is 1. The van der Waals surface area contributed by atoms with E-state index < -0.39 is 5.92 Å². The first-order valence-corrected chi connectivity index (χ1v) is 6.16. The molecule has 5 nitrogen and oxygen atoms in total. The normalized spacial score (nSPS) is 11.8. The Morgan fingerprint density at radius 1 is 1.15 bits per heavy atom. The minimum Gasteiger partial charge on any atom is -0.508 e. The third kappa shape index (κ3) is 2.88. The van der Waals surface area contributed by atoms with Crippen LogP contribution in [0.15, 0.2) is 48.5 Å². The van der Waals surface area contributed by atoms with E-state index in [1.807, 2.05) is 0 Å². The summed E-state index contributed by atoms with van der Waals surface area (Å²) in [7, 11) is 1.52. The van der Waals surface area contributed by atoms with Gasteiger partial charge < -0.3 is 9.84 Å². The van der Waals surface area contributed by atoms with Gasteiger partial charge in [0.2, 0.25) is 6.54 Å². The highest BCUT2D eigenvalue weighted by Crippen LogP contribution is 2.35. The minimum absolute atomic E-state index is 0.0465. The maximum atomic E-state index is 11.0. The highest BCUT2D eigenvalue weighted by molar-refractivity contribution is 5.46. The molecule has 2 rings (SSSR count). The highest BCUT2D eigenvalue weighted by Gasteiger charge is 2.25. The zero-order chi connectivity index (χ0) is 14.5. The van der Waals surface area contributed by atoms with Crippen molar-refractivity contribution in [2.24, 2.45) is 0 Å². The molecular formula is C15H15NO4. The quantitative estimate of drug-likeness (QED) is 0.671. The van der Waals surface area contributed by atoms with Crippen molar-refractivity contribution in [3.05, 3.63) is 69.8 Å². The van der Waals surface area contributed by atoms with Crippen LogP contribution in [0.2, 0.25) is 0 Å². The largest absolute Gasteiger partial charge is 0.508 e. The summed E-state index contributed by atoms with van der Waals surface area (Å²) in [5.41, 5.74) is 1.21. The first-order valence-electron chi connectivity index (χ1n) is 6.16. The van der Waals surface area contributed by atoms with Gasteiger partial charge in [0, 0.05) is 16.1 Å². The van der Waals surface area contributed by atoms with Gasteiger partial charge in [-0.2, -0.15) is 0 Å². The Balaban J connectivity index is 2.53. The fourth-order valence-corrected chi connectivity index (χ4v) is 2.25. The number of hydrogen-bond donors (Lipinski definition) is 1. The number of phenols is 1. The van der Waals surface area contributed by atoms with Crippen LogP contribution in [-0.4, -0.2) is 23.7 Å². The Hall–Kier alpha value is -2.56. The van der Waals surface area contributed by atoms with Crippen molar-refractivity contribution < 1.29 is 14.8 Å². The molecule has 20 heavy (non-hydrogen) atoms. The summed E-state index contributed by atoms with van der Waals surface area (Å²) in [5.74, 6) is 0.0650. The summed E-state index contributed by atoms with van der Waals surface area (Å²) < 4.78 is 5.26. The monoisotopic (exact) mass is 273 g/mol. The first kappa shape index (κ1) is 13.9. The molecule has 0 aromatic heterocycles. The van der Waals surface area contributed by atoms with Crippen LogP contribution < -0.4 is 4.74 Å². The zero-order valence-electron chi connectivity index (χ0n) is 11.0. The van der Waals surface area contributed by atoms with E-state index in [1.54, 1.807) is 42.5 Å². The Morgan fingerprint density at radius 3 is 2.35 bits per heavy atom. The third-order valence-corrected chi connectivity index (χ3v) is 3.16. The number of aromatic hydroxyl groups is 1. The summed E-state index contributed by atoms with van der Waals surface area (Å²) in [6, 6.07) is 13.8. The predicted octanol–water partition coefficient (Wildman–Crippen LogP) is 2.81. The minimum atomic E-state index is -0.553. The second kappa shape index (κ2) is 6.06. The fraction of sp³-hybridized carbons (Fsp3) is 0.200. The van der Waals surface area contributed by atoms with Crippen LogP contribution in [0.3, 0.4) is 0 Å². The topological polar surface area (TPSA) is 72.6 Å². The van der Waals surface area contributed by atoms with E-state index in [1.165, 1.54) is 13.2 Å². The lowest BCUT2D eigenvalue weighted by Crippen LogP contribution is -2.15. The summed E-state index contributed by atoms with van der Waals surface area (Å²) >= 11 is 0. The van der Waals surface area contributed by atoms with Crippen LogP contribution in [0.4, 0.5) is 0 Å². The van der Waals surface area contributed by atoms with E-state index in [9.17, 15) is 15.2 Å². The number of phenolic OH excluding ortho intramolecular Hbond substituents is 1. The van der Waals surface area contributed by atoms with Gasteiger partial charge in [0.05, 0.1) is 13.0 Å². The van der Waals surface area contributed by atoms with Crippen molar-refractivity contribution in [3.8, 4) is 11.5 Å². The van der Waals surface area contributed by atoms with Gasteiger partial charge in [-0.25, -0.2) is 0 Å². The van der Waals surface area contributed by atoms with Gasteiger partial charge in [0.1, 0.15) is 11.5 Å². The Kier molecular flexibility index (Phi) is 4.20. The van der Waals surface area contributed by atoms with E-state index >= 15 is 0 Å². The van der Waals surface area contributed by atoms with Crippen LogP contribution in [-0.2, 0) is 0 Å². The average molecular weight is 273 g/mol. The SMILES string of the molecule is COc1ccccc1[C@H](C[N+](=O)[O-])c1ccccc1O. The van der Waals surface area contributed by atoms with E-state index in [2.05, 4.69) is 0 Å². The molecule has 1 N–H and O–H groups in total. The molecule has 0 spiro atoms. The Labute approximate surface area is 116 Å². The van der Waals surface area contributed by atoms with Crippen LogP contribution in [0.25, 0.3) is 0 Å². The van der Waals surface area contributed by atoms with Gasteiger partial charge in [-0.1, -0.05) is 36.4 Å². The lowest BCUT2D eigenvalue weighted by Gasteiger charge is -2.17. The van der Waals surface area contributed by atoms with Gasteiger partial charge in [-0.05, 0) is 12.1 Å². The summed E-state index contributed by atoms with van der Waals surface area (Å²) in [4.78, 5) is 10.6. The van der Waals surface area contributed by atoms with E-state index in [0.717, 1.165) is 0 Å². The molecule has 0 bridgehead atoms. The van der Waals surface area contributed by atoms with Crippen molar-refractivity contribution in [1.82, 2.24) is 0 Å². The fourth-order valence-electron chi connectivity index (χ4n) is 2.25. The molecule has 2 aromatic carbocycles. The molecule has 0 fully saturated rings. The number of hydrogen-bond acceptors (Lipinski definition) is 4. The molecule has 104 valence electrons. The third-order valence-electron chi connectivity index (χ3n) is 3.16. The van der Waals surface area contributed by atoms with E-state index in [0.29, 0.717) is 16.9 Å². The van der Waals surface area contributed by atoms with Crippen LogP contribution >= 0.6 is 0 Å². The van der Waals surface area contributed by atoms with Crippen molar-refractivity contribution in [1.29, 1.82) is 0 Å². The first-order chi connectivity index (χ1) is 9.63. The molecule has 0 aliphatic rings. The van der Waals surface area contributed by atoms with Gasteiger partial charge in [0.25, 0.3) is 0 Å². The molecule has 0 saturated carbocycles. The predicted molar refractivity (Wildman–Crippen MR) is 74.8 cm³/mol. The number of benzene rings is 2. The second-order valence-electron chi connectivity index (χ2n) is 4.37. The molecule has 0 aliphatic heterocycles. The van der Waals surface area contributed by atoms with Crippen molar-refractivity contribution in [2.75, 3.05) is 13.7 Å². The standard InChI is InChI=1S/C15H15NO4/c1-20-15-9-5-3-7-12(15)13(10-16(18)19)11-6-2-4-8-14(11)17/h2-9,13,17H,10H2,1H3/t13-/m1/s1. The molecule has 5 heteroatoms. The van der Waals surface area contributed by atoms with E-state index in [-0.39, 0.29) is 17.2 Å². The summed E-state index contributed by atoms with van der Waals surface area (Å²) in [6.07, 6.45) is 0. The van der Waals surface area contributed by atoms with E-state index in [4.69, 9.17) is 4.74 Å². The molecule has 0 unspecified atom stereocenters. The summed E-state index contributed by atoms with van der Waals surface area (Å²) in [5, 5.41) is 20.9. The van der Waals surface area contributed by atoms with Crippen LogP contribution in [0, 0.1) is 10.1 Å². The lowest BCUT2D eigenvalue weighted by molar-refractivity contribution is -0.481. The maximum absolute atomic E-state index is 11.0. The van der Waals surface area contributed by atoms with Crippen LogP contribution in [0.5, 0.6) is 11.5 Å². The molecular weight excluding hydrogens is 258 g/mol. The number of nitro groups is 1. The van der Waals surface area contributed by atoms with Crippen molar-refractivity contribution >= 4 is 0 Å². The number of para-hydroxylation sites is 2. The molecule has 0 saturated heterocycles. The van der Waals surface area contributed by atoms with Gasteiger partial charge in [-0.3, -0.25) is 10.1 Å². The second-order valence-corrected chi connectivity index (χ2v) is 4.37. The molecule has 2 aromatic rings. The van der Waals surface area contributed by atoms with Crippen LogP contribution in [0.1, 0.15) is 17.0 Å². The lowest BCUT2D eigenvalue weighted by atomic mass is 9.90. The van der Waals surface area contributed by atoms with Gasteiger partial charge >= 0.3 is 0 Å². The number of rotatable bonds is 5. The molecule has 0 radical (unpaired) electrons. The molecule has 0 aliphatic carbocycles. The number of ether oxygens (including phenoxy) is 1. The smallest absolute Gasteiger partial charge is 0.214 e.